The van der Waals surface area contributed by atoms with E-state index in [1.807, 2.05) is 19.9 Å². The molecule has 4 heteroatoms. The number of rotatable bonds is 5. The maximum atomic E-state index is 12.4. The summed E-state index contributed by atoms with van der Waals surface area (Å²) in [6, 6.07) is 6.45. The lowest BCUT2D eigenvalue weighted by Gasteiger charge is -2.28. The molecule has 0 saturated heterocycles. The lowest BCUT2D eigenvalue weighted by molar-refractivity contribution is -0.127. The second-order valence-electron chi connectivity index (χ2n) is 6.23. The van der Waals surface area contributed by atoms with E-state index in [-0.39, 0.29) is 17.3 Å². The number of aromatic hydroxyl groups is 1. The molecule has 24 heavy (non-hydrogen) atoms. The lowest BCUT2D eigenvalue weighted by atomic mass is 9.78. The lowest BCUT2D eigenvalue weighted by Crippen LogP contribution is -2.39. The van der Waals surface area contributed by atoms with Gasteiger partial charge in [0, 0.05) is 0 Å². The molecular formula is C20H22O4. The Morgan fingerprint density at radius 3 is 2.50 bits per heavy atom. The minimum absolute atomic E-state index is 0.147. The van der Waals surface area contributed by atoms with Crippen molar-refractivity contribution in [2.75, 3.05) is 0 Å². The van der Waals surface area contributed by atoms with Gasteiger partial charge in [0.05, 0.1) is 17.9 Å². The zero-order chi connectivity index (χ0) is 17.7. The van der Waals surface area contributed by atoms with Crippen molar-refractivity contribution in [3.63, 3.8) is 0 Å². The van der Waals surface area contributed by atoms with Crippen LogP contribution in [0.5, 0.6) is 5.75 Å². The third kappa shape index (κ3) is 4.52. The van der Waals surface area contributed by atoms with E-state index in [9.17, 15) is 19.8 Å². The fraction of sp³-hybridized carbons (Fsp3) is 0.300. The molecule has 1 aromatic carbocycles. The normalized spacial score (nSPS) is 23.5. The van der Waals surface area contributed by atoms with E-state index in [1.165, 1.54) is 30.4 Å². The number of carbonyl (C=O) groups is 2. The second-order valence-corrected chi connectivity index (χ2v) is 6.23. The number of aliphatic hydroxyl groups is 1. The highest BCUT2D eigenvalue weighted by Crippen LogP contribution is 2.26. The summed E-state index contributed by atoms with van der Waals surface area (Å²) in [4.78, 5) is 24.3. The molecule has 0 spiro atoms. The van der Waals surface area contributed by atoms with Gasteiger partial charge in [0.25, 0.3) is 0 Å². The van der Waals surface area contributed by atoms with Crippen molar-refractivity contribution in [3.05, 3.63) is 59.7 Å². The molecule has 3 atom stereocenters. The number of ketones is 2. The summed E-state index contributed by atoms with van der Waals surface area (Å²) in [5.41, 5.74) is 1.84. The first-order chi connectivity index (χ1) is 11.4. The predicted molar refractivity (Wildman–Crippen MR) is 93.3 cm³/mol. The molecule has 2 N–H and O–H groups in total. The Morgan fingerprint density at radius 1 is 1.21 bits per heavy atom. The van der Waals surface area contributed by atoms with Crippen LogP contribution in [0.2, 0.25) is 0 Å². The Labute approximate surface area is 141 Å². The third-order valence-electron chi connectivity index (χ3n) is 4.06. The van der Waals surface area contributed by atoms with Crippen LogP contribution in [-0.2, 0) is 9.59 Å². The standard InChI is InChI=1S/C20H22O4/c1-13(2)3-9-16-19(23)12-10-17(20(16)24)18(22)11-6-14-4-7-15(21)8-5-14/h3-8,10-12,16-17,20-21,24H,9H2,1-2H3. The Hall–Kier alpha value is -2.46. The van der Waals surface area contributed by atoms with Crippen molar-refractivity contribution in [2.45, 2.75) is 26.4 Å². The molecule has 0 bridgehead atoms. The fourth-order valence-corrected chi connectivity index (χ4v) is 2.61. The molecule has 3 unspecified atom stereocenters. The zero-order valence-electron chi connectivity index (χ0n) is 13.8. The molecule has 1 aliphatic rings. The van der Waals surface area contributed by atoms with Crippen molar-refractivity contribution in [1.29, 1.82) is 0 Å². The van der Waals surface area contributed by atoms with Crippen LogP contribution >= 0.6 is 0 Å². The van der Waals surface area contributed by atoms with Gasteiger partial charge in [0.1, 0.15) is 5.75 Å². The molecule has 1 aromatic rings. The number of phenols is 1. The van der Waals surface area contributed by atoms with Crippen molar-refractivity contribution in [1.82, 2.24) is 0 Å². The largest absolute Gasteiger partial charge is 0.508 e. The van der Waals surface area contributed by atoms with Crippen LogP contribution in [-0.4, -0.2) is 27.9 Å². The monoisotopic (exact) mass is 326 g/mol. The number of aliphatic hydroxyl groups excluding tert-OH is 1. The second kappa shape index (κ2) is 7.88. The van der Waals surface area contributed by atoms with Crippen molar-refractivity contribution in [3.8, 4) is 5.75 Å². The van der Waals surface area contributed by atoms with Gasteiger partial charge in [-0.2, -0.15) is 0 Å². The van der Waals surface area contributed by atoms with E-state index in [1.54, 1.807) is 18.2 Å². The van der Waals surface area contributed by atoms with Crippen LogP contribution in [0.25, 0.3) is 6.08 Å². The molecule has 2 rings (SSSR count). The van der Waals surface area contributed by atoms with E-state index in [4.69, 9.17) is 0 Å². The van der Waals surface area contributed by atoms with E-state index >= 15 is 0 Å². The van der Waals surface area contributed by atoms with Crippen LogP contribution in [0.15, 0.2) is 54.1 Å². The summed E-state index contributed by atoms with van der Waals surface area (Å²) in [6.07, 6.45) is 7.22. The molecule has 126 valence electrons. The number of hydrogen-bond acceptors (Lipinski definition) is 4. The molecule has 0 radical (unpaired) electrons. The first-order valence-electron chi connectivity index (χ1n) is 7.93. The molecule has 1 aliphatic carbocycles. The van der Waals surface area contributed by atoms with Gasteiger partial charge in [-0.25, -0.2) is 0 Å². The highest BCUT2D eigenvalue weighted by molar-refractivity contribution is 6.01. The highest BCUT2D eigenvalue weighted by Gasteiger charge is 2.36. The van der Waals surface area contributed by atoms with Gasteiger partial charge in [0.2, 0.25) is 0 Å². The van der Waals surface area contributed by atoms with Gasteiger partial charge in [-0.05, 0) is 50.1 Å². The quantitative estimate of drug-likeness (QED) is 0.644. The average molecular weight is 326 g/mol. The number of phenolic OH excluding ortho intramolecular Hbond substituents is 1. The van der Waals surface area contributed by atoms with Gasteiger partial charge in [-0.15, -0.1) is 0 Å². The summed E-state index contributed by atoms with van der Waals surface area (Å²) >= 11 is 0. The summed E-state index contributed by atoms with van der Waals surface area (Å²) in [6.45, 7) is 3.86. The van der Waals surface area contributed by atoms with Crippen molar-refractivity contribution >= 4 is 17.6 Å². The van der Waals surface area contributed by atoms with Gasteiger partial charge >= 0.3 is 0 Å². The minimum atomic E-state index is -1.02. The van der Waals surface area contributed by atoms with E-state index in [0.717, 1.165) is 11.1 Å². The van der Waals surface area contributed by atoms with Crippen LogP contribution < -0.4 is 0 Å². The highest BCUT2D eigenvalue weighted by atomic mass is 16.3. The van der Waals surface area contributed by atoms with Gasteiger partial charge in [-0.1, -0.05) is 35.9 Å². The topological polar surface area (TPSA) is 74.6 Å². The molecule has 0 heterocycles. The predicted octanol–water partition coefficient (Wildman–Crippen LogP) is 3.06. The van der Waals surface area contributed by atoms with Crippen LogP contribution in [0.4, 0.5) is 0 Å². The van der Waals surface area contributed by atoms with Crippen molar-refractivity contribution in [2.24, 2.45) is 11.8 Å². The fourth-order valence-electron chi connectivity index (χ4n) is 2.61. The van der Waals surface area contributed by atoms with E-state index < -0.39 is 17.9 Å². The zero-order valence-corrected chi connectivity index (χ0v) is 13.8. The SMILES string of the molecule is CC(C)=CCC1C(=O)C=CC(C(=O)C=Cc2ccc(O)cc2)C1O. The summed E-state index contributed by atoms with van der Waals surface area (Å²) < 4.78 is 0. The number of carbonyl (C=O) groups excluding carboxylic acids is 2. The molecule has 0 aromatic heterocycles. The van der Waals surface area contributed by atoms with Gasteiger partial charge < -0.3 is 10.2 Å². The Balaban J connectivity index is 2.11. The van der Waals surface area contributed by atoms with Crippen molar-refractivity contribution < 1.29 is 19.8 Å². The first kappa shape index (κ1) is 17.9. The molecule has 4 nitrogen and oxygen atoms in total. The smallest absolute Gasteiger partial charge is 0.165 e. The number of allylic oxidation sites excluding steroid dienone is 4. The Kier molecular flexibility index (Phi) is 5.88. The first-order valence-corrected chi connectivity index (χ1v) is 7.93. The summed E-state index contributed by atoms with van der Waals surface area (Å²) in [7, 11) is 0. The van der Waals surface area contributed by atoms with Crippen LogP contribution in [0.3, 0.4) is 0 Å². The number of hydrogen-bond donors (Lipinski definition) is 2. The van der Waals surface area contributed by atoms with Gasteiger partial charge in [0.15, 0.2) is 11.6 Å². The molecular weight excluding hydrogens is 304 g/mol. The maximum absolute atomic E-state index is 12.4. The molecule has 0 saturated carbocycles. The average Bonchev–Trinajstić information content (AvgIpc) is 2.53. The summed E-state index contributed by atoms with van der Waals surface area (Å²) in [5.74, 6) is -1.54. The summed E-state index contributed by atoms with van der Waals surface area (Å²) in [5, 5.41) is 19.7. The molecule has 0 amide bonds. The van der Waals surface area contributed by atoms with Gasteiger partial charge in [-0.3, -0.25) is 9.59 Å². The Bertz CT molecular complexity index is 691. The minimum Gasteiger partial charge on any atom is -0.508 e. The van der Waals surface area contributed by atoms with Crippen LogP contribution in [0, 0.1) is 11.8 Å². The Morgan fingerprint density at radius 2 is 1.88 bits per heavy atom. The van der Waals surface area contributed by atoms with E-state index in [2.05, 4.69) is 0 Å². The molecule has 0 aliphatic heterocycles. The number of benzene rings is 1. The maximum Gasteiger partial charge on any atom is 0.165 e. The van der Waals surface area contributed by atoms with Crippen LogP contribution in [0.1, 0.15) is 25.8 Å². The van der Waals surface area contributed by atoms with E-state index in [0.29, 0.717) is 6.42 Å². The third-order valence-corrected chi connectivity index (χ3v) is 4.06. The molecule has 0 fully saturated rings.